The van der Waals surface area contributed by atoms with E-state index in [1.807, 2.05) is 0 Å². The fraction of sp³-hybridized carbons (Fsp3) is 0. The molecule has 0 bridgehead atoms. The highest BCUT2D eigenvalue weighted by atomic mass is 15.0. The third kappa shape index (κ3) is 9.74. The van der Waals surface area contributed by atoms with Gasteiger partial charge in [-0.1, -0.05) is 370 Å². The highest BCUT2D eigenvalue weighted by Gasteiger charge is 2.30. The second kappa shape index (κ2) is 27.1. The first-order valence-corrected chi connectivity index (χ1v) is 45.1. The van der Waals surface area contributed by atoms with Crippen LogP contribution in [0, 0.1) is 0 Å². The van der Waals surface area contributed by atoms with Gasteiger partial charge in [0, 0.05) is 146 Å². The van der Waals surface area contributed by atoms with E-state index in [2.05, 4.69) is 459 Å². The van der Waals surface area contributed by atoms with Gasteiger partial charge in [-0.15, -0.1) is 0 Å². The minimum absolute atomic E-state index is 1.17. The summed E-state index contributed by atoms with van der Waals surface area (Å²) in [4.78, 5) is 11.5. The first-order chi connectivity index (χ1) is 64.6. The van der Waals surface area contributed by atoms with E-state index < -0.39 is 0 Å². The predicted octanol–water partition coefficient (Wildman–Crippen LogP) is 34.2. The normalized spacial score (nSPS) is 12.3. The van der Waals surface area contributed by atoms with Gasteiger partial charge in [-0.2, -0.15) is 0 Å². The fourth-order valence-corrected chi connectivity index (χ4v) is 23.6. The molecule has 6 nitrogen and oxygen atoms in total. The zero-order valence-electron chi connectivity index (χ0n) is 70.3. The first kappa shape index (κ1) is 71.0. The van der Waals surface area contributed by atoms with Gasteiger partial charge >= 0.3 is 0 Å². The molecule has 6 heterocycles. The second-order valence-electron chi connectivity index (χ2n) is 35.2. The average Bonchev–Trinajstić information content (AvgIpc) is 1.46. The molecule has 6 aromatic heterocycles. The maximum atomic E-state index is 3.85. The van der Waals surface area contributed by atoms with Crippen molar-refractivity contribution in [3.63, 3.8) is 0 Å². The Morgan fingerprint density at radius 3 is 0.869 bits per heavy atom. The Morgan fingerprint density at radius 1 is 0.138 bits per heavy atom. The van der Waals surface area contributed by atoms with Crippen molar-refractivity contribution in [2.75, 3.05) is 0 Å². The van der Waals surface area contributed by atoms with Gasteiger partial charge in [-0.25, -0.2) is 0 Å². The molecule has 6 heteroatoms. The smallest absolute Gasteiger partial charge is 0.0626 e. The van der Waals surface area contributed by atoms with E-state index in [-0.39, 0.29) is 0 Å². The lowest BCUT2D eigenvalue weighted by atomic mass is 9.89. The largest absolute Gasteiger partial charge is 0.354 e. The molecule has 0 unspecified atom stereocenters. The Kier molecular flexibility index (Phi) is 14.8. The van der Waals surface area contributed by atoms with Gasteiger partial charge in [0.2, 0.25) is 0 Å². The van der Waals surface area contributed by atoms with Crippen molar-refractivity contribution in [1.29, 1.82) is 0 Å². The van der Waals surface area contributed by atoms with Gasteiger partial charge in [0.25, 0.3) is 0 Å². The molecular formula is C124H74N6. The number of fused-ring (bicyclic) bond motifs is 50. The van der Waals surface area contributed by atoms with Crippen LogP contribution in [0.5, 0.6) is 0 Å². The topological polar surface area (TPSA) is 62.2 Å². The Balaban J connectivity index is 0.0000000962. The summed E-state index contributed by atoms with van der Waals surface area (Å²) in [6.07, 6.45) is 0. The van der Waals surface area contributed by atoms with Crippen molar-refractivity contribution in [2.45, 2.75) is 0 Å². The molecule has 0 saturated heterocycles. The predicted molar refractivity (Wildman–Crippen MR) is 558 cm³/mol. The van der Waals surface area contributed by atoms with Crippen molar-refractivity contribution in [3.05, 3.63) is 431 Å². The van der Waals surface area contributed by atoms with Crippen LogP contribution in [0.3, 0.4) is 0 Å². The maximum absolute atomic E-state index is 3.85. The van der Waals surface area contributed by atoms with Gasteiger partial charge in [-0.05, 0) is 141 Å². The number of hydrogen-bond acceptors (Lipinski definition) is 0. The summed E-state index contributed by atoms with van der Waals surface area (Å²) in [5, 5.41) is 48.7. The van der Waals surface area contributed by atoms with E-state index in [4.69, 9.17) is 0 Å². The lowest BCUT2D eigenvalue weighted by molar-refractivity contribution is 1.19. The monoisotopic (exact) mass is 1650 g/mol. The third-order valence-electron chi connectivity index (χ3n) is 28.7. The highest BCUT2D eigenvalue weighted by molar-refractivity contribution is 6.49. The Morgan fingerprint density at radius 2 is 0.431 bits per heavy atom. The molecule has 0 aliphatic rings. The van der Waals surface area contributed by atoms with E-state index in [9.17, 15) is 0 Å². The van der Waals surface area contributed by atoms with Crippen LogP contribution in [0.25, 0.3) is 288 Å². The standard InChI is InChI=1S/C44H26N2.2C40H24N2/c1-2-14-27-26(13-1)25-38(29-16-4-3-15-28(27)29)46-37-24-12-10-22-35(37)41-42-39(31-18-6-8-20-33(31)44(41)46)30-17-5-7-19-32(30)43-40(42)34-21-9-11-23-36(34)45-43;1-2-14-25-24(12-1)13-11-23-33(25)42-34-22-10-8-20-31(34)37-38-35(27-16-4-6-18-29(27)40(37)42)26-15-3-5-17-28(26)39-36(38)30-19-7-9-21-32(30)41-39;1-2-12-25-23-26(22-21-24(25)11-1)42-34-20-10-8-18-32(34)37-38-35(28-14-4-6-16-30(28)40(37)42)27-13-3-5-15-29(27)39-36(38)31-17-7-9-19-33(31)41-39/h1-25,45H;2*1-23,41H. The third-order valence-corrected chi connectivity index (χ3v) is 28.7. The summed E-state index contributed by atoms with van der Waals surface area (Å²) < 4.78 is 7.57. The van der Waals surface area contributed by atoms with E-state index in [0.717, 1.165) is 0 Å². The molecule has 0 radical (unpaired) electrons. The van der Waals surface area contributed by atoms with E-state index in [1.54, 1.807) is 0 Å². The molecule has 0 aliphatic heterocycles. The summed E-state index contributed by atoms with van der Waals surface area (Å²) in [7, 11) is 0. The van der Waals surface area contributed by atoms with Crippen molar-refractivity contribution in [3.8, 4) is 17.1 Å². The molecular weight excluding hydrogens is 1570 g/mol. The quantitative estimate of drug-likeness (QED) is 0.148. The van der Waals surface area contributed by atoms with E-state index in [1.165, 1.54) is 288 Å². The van der Waals surface area contributed by atoms with Crippen LogP contribution >= 0.6 is 0 Å². The molecule has 31 rings (SSSR count). The minimum atomic E-state index is 1.17. The zero-order chi connectivity index (χ0) is 84.7. The van der Waals surface area contributed by atoms with Gasteiger partial charge in [0.05, 0.1) is 61.0 Å². The second-order valence-corrected chi connectivity index (χ2v) is 35.2. The SMILES string of the molecule is c1ccc2c(-n3c4ccccc4c4c5c(c6ccccc6c6[nH]c7ccccc7c65)c5ccccc5c43)cccc2c1.c1ccc2c(c1)cc(-n1c3ccccc3c3c4c(c5ccccc5c5[nH]c6ccccc6c54)c4ccccc4c31)c1ccccc12.c1ccc2cc(-n3c4ccccc4c4c5c(c6ccccc6c6[nH]c7ccccc7c65)c5ccccc5c43)ccc2c1. The van der Waals surface area contributed by atoms with Crippen molar-refractivity contribution in [1.82, 2.24) is 28.7 Å². The molecule has 25 aromatic carbocycles. The number of H-pyrrole nitrogens is 3. The average molecular weight is 1650 g/mol. The van der Waals surface area contributed by atoms with Gasteiger partial charge < -0.3 is 28.7 Å². The number of aromatic nitrogens is 6. The lowest BCUT2D eigenvalue weighted by Crippen LogP contribution is -1.97. The lowest BCUT2D eigenvalue weighted by Gasteiger charge is -2.17. The number of benzene rings is 25. The summed E-state index contributed by atoms with van der Waals surface area (Å²) in [5.74, 6) is 0. The molecule has 0 amide bonds. The fourth-order valence-electron chi connectivity index (χ4n) is 23.6. The summed E-state index contributed by atoms with van der Waals surface area (Å²) in [5.41, 5.74) is 18.2. The number of rotatable bonds is 3. The van der Waals surface area contributed by atoms with E-state index >= 15 is 0 Å². The Hall–Kier alpha value is -17.3. The van der Waals surface area contributed by atoms with Gasteiger partial charge in [0.1, 0.15) is 0 Å². The molecule has 0 saturated carbocycles. The van der Waals surface area contributed by atoms with Crippen molar-refractivity contribution < 1.29 is 0 Å². The van der Waals surface area contributed by atoms with Crippen LogP contribution < -0.4 is 0 Å². The number of nitrogens with one attached hydrogen (secondary N) is 3. The van der Waals surface area contributed by atoms with Gasteiger partial charge in [0.15, 0.2) is 0 Å². The molecule has 0 fully saturated rings. The first-order valence-electron chi connectivity index (χ1n) is 45.1. The number of para-hydroxylation sites is 6. The van der Waals surface area contributed by atoms with Crippen LogP contribution in [0.4, 0.5) is 0 Å². The summed E-state index contributed by atoms with van der Waals surface area (Å²) >= 11 is 0. The Bertz CT molecular complexity index is 10400. The molecule has 3 N–H and O–H groups in total. The molecule has 600 valence electrons. The molecule has 0 aliphatic carbocycles. The number of nitrogens with zero attached hydrogens (tertiary/aromatic N) is 3. The maximum Gasteiger partial charge on any atom is 0.0626 e. The summed E-state index contributed by atoms with van der Waals surface area (Å²) in [6, 6.07) is 158. The van der Waals surface area contributed by atoms with Crippen LogP contribution in [0.1, 0.15) is 0 Å². The van der Waals surface area contributed by atoms with Crippen LogP contribution in [-0.2, 0) is 0 Å². The molecule has 0 atom stereocenters. The molecule has 31 aromatic rings. The molecule has 0 spiro atoms. The van der Waals surface area contributed by atoms with Crippen LogP contribution in [-0.4, -0.2) is 28.7 Å². The van der Waals surface area contributed by atoms with Crippen LogP contribution in [0.15, 0.2) is 431 Å². The summed E-state index contributed by atoms with van der Waals surface area (Å²) in [6.45, 7) is 0. The highest BCUT2D eigenvalue weighted by Crippen LogP contribution is 2.55. The van der Waals surface area contributed by atoms with Crippen molar-refractivity contribution >= 4 is 271 Å². The van der Waals surface area contributed by atoms with Crippen LogP contribution in [0.2, 0.25) is 0 Å². The minimum Gasteiger partial charge on any atom is -0.354 e. The zero-order valence-corrected chi connectivity index (χ0v) is 70.3. The van der Waals surface area contributed by atoms with Gasteiger partial charge in [-0.3, -0.25) is 0 Å². The van der Waals surface area contributed by atoms with E-state index in [0.29, 0.717) is 0 Å². The Labute approximate surface area is 742 Å². The number of hydrogen-bond donors (Lipinski definition) is 3. The molecule has 130 heavy (non-hydrogen) atoms. The number of aromatic amines is 3. The van der Waals surface area contributed by atoms with Crippen molar-refractivity contribution in [2.24, 2.45) is 0 Å².